The van der Waals surface area contributed by atoms with Gasteiger partial charge >= 0.3 is 0 Å². The molecule has 0 saturated carbocycles. The fourth-order valence-corrected chi connectivity index (χ4v) is 3.06. The first-order valence-corrected chi connectivity index (χ1v) is 8.26. The van der Waals surface area contributed by atoms with Gasteiger partial charge < -0.3 is 4.90 Å². The van der Waals surface area contributed by atoms with Gasteiger partial charge in [0.1, 0.15) is 0 Å². The fourth-order valence-electron chi connectivity index (χ4n) is 2.04. The Morgan fingerprint density at radius 2 is 1.77 bits per heavy atom. The molecule has 8 heteroatoms. The zero-order valence-corrected chi connectivity index (χ0v) is 13.7. The highest BCUT2D eigenvalue weighted by Crippen LogP contribution is 2.32. The second-order valence-electron chi connectivity index (χ2n) is 4.75. The Morgan fingerprint density at radius 3 is 2.32 bits per heavy atom. The van der Waals surface area contributed by atoms with Crippen LogP contribution in [0.2, 0.25) is 0 Å². The molecule has 0 spiro atoms. The summed E-state index contributed by atoms with van der Waals surface area (Å²) < 4.78 is 0. The Balaban J connectivity index is 2.55. The van der Waals surface area contributed by atoms with E-state index in [1.165, 1.54) is 23.9 Å². The minimum absolute atomic E-state index is 0.192. The van der Waals surface area contributed by atoms with Gasteiger partial charge in [-0.25, -0.2) is 0 Å². The van der Waals surface area contributed by atoms with Crippen LogP contribution in [0.5, 0.6) is 0 Å². The normalized spacial score (nSPS) is 10.9. The van der Waals surface area contributed by atoms with Crippen LogP contribution in [-0.2, 0) is 0 Å². The Labute approximate surface area is 134 Å². The summed E-state index contributed by atoms with van der Waals surface area (Å²) in [5.74, 6) is 0.764. The van der Waals surface area contributed by atoms with Crippen molar-refractivity contribution in [2.75, 3.05) is 25.4 Å². The first-order chi connectivity index (χ1) is 10.5. The van der Waals surface area contributed by atoms with E-state index in [-0.39, 0.29) is 11.4 Å². The number of rotatable bonds is 10. The zero-order chi connectivity index (χ0) is 16.5. The summed E-state index contributed by atoms with van der Waals surface area (Å²) in [6.07, 6.45) is 1.99. The molecule has 0 aliphatic carbocycles. The molecular formula is C14H21N3O4S. The molecule has 22 heavy (non-hydrogen) atoms. The molecule has 122 valence electrons. The highest BCUT2D eigenvalue weighted by atomic mass is 32.2. The van der Waals surface area contributed by atoms with E-state index in [4.69, 9.17) is 0 Å². The lowest BCUT2D eigenvalue weighted by molar-refractivity contribution is -0.396. The van der Waals surface area contributed by atoms with Crippen LogP contribution in [-0.4, -0.2) is 40.1 Å². The van der Waals surface area contributed by atoms with Crippen molar-refractivity contribution in [3.63, 3.8) is 0 Å². The van der Waals surface area contributed by atoms with Crippen LogP contribution in [0.15, 0.2) is 23.1 Å². The lowest BCUT2D eigenvalue weighted by atomic mass is 10.3. The van der Waals surface area contributed by atoms with Gasteiger partial charge in [0.15, 0.2) is 0 Å². The summed E-state index contributed by atoms with van der Waals surface area (Å²) in [6, 6.07) is 3.80. The van der Waals surface area contributed by atoms with Crippen LogP contribution in [0.1, 0.15) is 26.7 Å². The number of nitrogens with zero attached hydrogens (tertiary/aromatic N) is 3. The fraction of sp³-hybridized carbons (Fsp3) is 0.571. The average Bonchev–Trinajstić information content (AvgIpc) is 2.50. The standard InChI is InChI=1S/C14H21N3O4S/c1-3-15(4-2)9-5-6-10-22-14-8-7-12(16(18)19)11-13(14)17(20)21/h7-8,11H,3-6,9-10H2,1-2H3. The van der Waals surface area contributed by atoms with Gasteiger partial charge in [-0.3, -0.25) is 20.2 Å². The van der Waals surface area contributed by atoms with Crippen LogP contribution >= 0.6 is 11.8 Å². The van der Waals surface area contributed by atoms with Crippen molar-refractivity contribution < 1.29 is 9.85 Å². The SMILES string of the molecule is CCN(CC)CCCCSc1ccc([N+](=O)[O-])cc1[N+](=O)[O-]. The van der Waals surface area contributed by atoms with Crippen LogP contribution < -0.4 is 0 Å². The maximum Gasteiger partial charge on any atom is 0.289 e. The van der Waals surface area contributed by atoms with Crippen LogP contribution in [0.25, 0.3) is 0 Å². The quantitative estimate of drug-likeness (QED) is 0.281. The number of benzene rings is 1. The summed E-state index contributed by atoms with van der Waals surface area (Å²) >= 11 is 1.38. The maximum absolute atomic E-state index is 11.0. The molecule has 0 radical (unpaired) electrons. The molecule has 1 aromatic carbocycles. The van der Waals surface area contributed by atoms with Crippen LogP contribution in [0, 0.1) is 20.2 Å². The Kier molecular flexibility index (Phi) is 7.83. The third kappa shape index (κ3) is 5.61. The third-order valence-electron chi connectivity index (χ3n) is 3.37. The molecule has 0 heterocycles. The average molecular weight is 327 g/mol. The molecule has 1 aromatic rings. The number of hydrogen-bond acceptors (Lipinski definition) is 6. The maximum atomic E-state index is 11.0. The lowest BCUT2D eigenvalue weighted by Crippen LogP contribution is -2.23. The Bertz CT molecular complexity index is 521. The van der Waals surface area contributed by atoms with Gasteiger partial charge in [0, 0.05) is 6.07 Å². The number of nitro groups is 2. The Morgan fingerprint density at radius 1 is 1.09 bits per heavy atom. The predicted octanol–water partition coefficient (Wildman–Crippen LogP) is 3.72. The molecule has 0 bridgehead atoms. The van der Waals surface area contributed by atoms with Gasteiger partial charge in [-0.05, 0) is 44.3 Å². The smallest absolute Gasteiger partial charge is 0.289 e. The van der Waals surface area contributed by atoms with Gasteiger partial charge in [0.05, 0.1) is 20.8 Å². The summed E-state index contributed by atoms with van der Waals surface area (Å²) in [5, 5.41) is 21.7. The number of nitro benzene ring substituents is 2. The number of hydrogen-bond donors (Lipinski definition) is 0. The first-order valence-electron chi connectivity index (χ1n) is 7.27. The van der Waals surface area contributed by atoms with Crippen LogP contribution in [0.3, 0.4) is 0 Å². The van der Waals surface area contributed by atoms with Crippen molar-refractivity contribution in [1.82, 2.24) is 4.90 Å². The number of thioether (sulfide) groups is 1. The largest absolute Gasteiger partial charge is 0.304 e. The van der Waals surface area contributed by atoms with E-state index in [0.29, 0.717) is 4.90 Å². The van der Waals surface area contributed by atoms with Crippen molar-refractivity contribution >= 4 is 23.1 Å². The van der Waals surface area contributed by atoms with Crippen molar-refractivity contribution in [2.45, 2.75) is 31.6 Å². The summed E-state index contributed by atoms with van der Waals surface area (Å²) in [6.45, 7) is 7.32. The molecule has 0 fully saturated rings. The third-order valence-corrected chi connectivity index (χ3v) is 4.52. The van der Waals surface area contributed by atoms with Crippen molar-refractivity contribution in [1.29, 1.82) is 0 Å². The Hall–Kier alpha value is -1.67. The minimum Gasteiger partial charge on any atom is -0.304 e. The van der Waals surface area contributed by atoms with Crippen molar-refractivity contribution in [2.24, 2.45) is 0 Å². The molecule has 0 aromatic heterocycles. The van der Waals surface area contributed by atoms with E-state index in [2.05, 4.69) is 18.7 Å². The molecule has 7 nitrogen and oxygen atoms in total. The monoisotopic (exact) mass is 327 g/mol. The second-order valence-corrected chi connectivity index (χ2v) is 5.89. The van der Waals surface area contributed by atoms with E-state index in [0.717, 1.165) is 44.3 Å². The summed E-state index contributed by atoms with van der Waals surface area (Å²) in [4.78, 5) is 23.3. The van der Waals surface area contributed by atoms with Crippen molar-refractivity contribution in [3.8, 4) is 0 Å². The van der Waals surface area contributed by atoms with Gasteiger partial charge in [0.25, 0.3) is 11.4 Å². The molecule has 1 rings (SSSR count). The number of non-ortho nitro benzene ring substituents is 1. The van der Waals surface area contributed by atoms with Crippen LogP contribution in [0.4, 0.5) is 11.4 Å². The molecule has 0 saturated heterocycles. The van der Waals surface area contributed by atoms with Gasteiger partial charge in [-0.2, -0.15) is 0 Å². The molecule has 0 amide bonds. The molecular weight excluding hydrogens is 306 g/mol. The topological polar surface area (TPSA) is 89.5 Å². The lowest BCUT2D eigenvalue weighted by Gasteiger charge is -2.17. The second kappa shape index (κ2) is 9.37. The summed E-state index contributed by atoms with van der Waals surface area (Å²) in [5.41, 5.74) is -0.444. The number of unbranched alkanes of at least 4 members (excludes halogenated alkanes) is 1. The van der Waals surface area contributed by atoms with E-state index < -0.39 is 9.85 Å². The predicted molar refractivity (Wildman–Crippen MR) is 87.5 cm³/mol. The van der Waals surface area contributed by atoms with Gasteiger partial charge in [-0.1, -0.05) is 13.8 Å². The summed E-state index contributed by atoms with van der Waals surface area (Å²) in [7, 11) is 0. The zero-order valence-electron chi connectivity index (χ0n) is 12.9. The molecule has 0 atom stereocenters. The van der Waals surface area contributed by atoms with Gasteiger partial charge in [0.2, 0.25) is 0 Å². The minimum atomic E-state index is -0.620. The van der Waals surface area contributed by atoms with E-state index in [1.54, 1.807) is 0 Å². The molecule has 0 unspecified atom stereocenters. The highest BCUT2D eigenvalue weighted by molar-refractivity contribution is 7.99. The molecule has 0 aliphatic heterocycles. The van der Waals surface area contributed by atoms with E-state index >= 15 is 0 Å². The van der Waals surface area contributed by atoms with E-state index in [1.807, 2.05) is 0 Å². The van der Waals surface area contributed by atoms with E-state index in [9.17, 15) is 20.2 Å². The van der Waals surface area contributed by atoms with Gasteiger partial charge in [-0.15, -0.1) is 11.8 Å². The first kappa shape index (κ1) is 18.4. The molecule has 0 aliphatic rings. The van der Waals surface area contributed by atoms with Crippen molar-refractivity contribution in [3.05, 3.63) is 38.4 Å². The highest BCUT2D eigenvalue weighted by Gasteiger charge is 2.19. The molecule has 0 N–H and O–H groups in total.